The predicted octanol–water partition coefficient (Wildman–Crippen LogP) is 1.02. The molecule has 2 aliphatic rings. The maximum atomic E-state index is 12.7. The van der Waals surface area contributed by atoms with Crippen molar-refractivity contribution in [3.63, 3.8) is 0 Å². The molecule has 0 saturated carbocycles. The van der Waals surface area contributed by atoms with E-state index < -0.39 is 34.7 Å². The van der Waals surface area contributed by atoms with E-state index in [4.69, 9.17) is 5.11 Å². The quantitative estimate of drug-likeness (QED) is 0.490. The predicted molar refractivity (Wildman–Crippen MR) is 85.9 cm³/mol. The number of para-hydroxylation sites is 2. The van der Waals surface area contributed by atoms with Gasteiger partial charge in [-0.2, -0.15) is 0 Å². The van der Waals surface area contributed by atoms with Crippen molar-refractivity contribution in [2.75, 3.05) is 18.0 Å². The molecule has 1 aromatic rings. The second-order valence-corrected chi connectivity index (χ2v) is 6.18. The molecule has 1 aromatic carbocycles. The van der Waals surface area contributed by atoms with Gasteiger partial charge in [-0.15, -0.1) is 0 Å². The molecule has 0 radical (unpaired) electrons. The first-order valence-corrected chi connectivity index (χ1v) is 7.97. The summed E-state index contributed by atoms with van der Waals surface area (Å²) in [4.78, 5) is 49.3. The number of hydrogen-bond acceptors (Lipinski definition) is 6. The van der Waals surface area contributed by atoms with Crippen LogP contribution in [-0.4, -0.2) is 51.8 Å². The fraction of sp³-hybridized carbons (Fsp3) is 0.438. The molecular weight excluding hydrogens is 330 g/mol. The molecule has 0 aliphatic carbocycles. The van der Waals surface area contributed by atoms with E-state index in [2.05, 4.69) is 0 Å². The molecule has 9 heteroatoms. The second kappa shape index (κ2) is 6.60. The highest BCUT2D eigenvalue weighted by atomic mass is 16.6. The van der Waals surface area contributed by atoms with Crippen molar-refractivity contribution in [1.82, 2.24) is 4.90 Å². The number of imide groups is 1. The van der Waals surface area contributed by atoms with Gasteiger partial charge >= 0.3 is 5.97 Å². The minimum atomic E-state index is -0.852. The minimum Gasteiger partial charge on any atom is -0.481 e. The van der Waals surface area contributed by atoms with Crippen LogP contribution < -0.4 is 4.90 Å². The second-order valence-electron chi connectivity index (χ2n) is 6.18. The number of nitrogens with zero attached hydrogens (tertiary/aromatic N) is 3. The first kappa shape index (κ1) is 17.0. The number of rotatable bonds is 4. The van der Waals surface area contributed by atoms with Crippen LogP contribution in [0.2, 0.25) is 0 Å². The van der Waals surface area contributed by atoms with Gasteiger partial charge in [-0.1, -0.05) is 12.1 Å². The van der Waals surface area contributed by atoms with E-state index in [0.717, 1.165) is 4.90 Å². The smallest absolute Gasteiger partial charge is 0.306 e. The summed E-state index contributed by atoms with van der Waals surface area (Å²) in [6.45, 7) is 0.816. The van der Waals surface area contributed by atoms with E-state index in [1.807, 2.05) is 0 Å². The van der Waals surface area contributed by atoms with Crippen LogP contribution >= 0.6 is 0 Å². The third kappa shape index (κ3) is 3.10. The van der Waals surface area contributed by atoms with Crippen LogP contribution in [0.25, 0.3) is 0 Å². The lowest BCUT2D eigenvalue weighted by Gasteiger charge is -2.33. The van der Waals surface area contributed by atoms with Crippen LogP contribution in [0.3, 0.4) is 0 Å². The number of likely N-dealkylation sites (tertiary alicyclic amines) is 1. The van der Waals surface area contributed by atoms with E-state index in [1.54, 1.807) is 4.90 Å². The van der Waals surface area contributed by atoms with Crippen LogP contribution in [0.4, 0.5) is 11.4 Å². The highest BCUT2D eigenvalue weighted by molar-refractivity contribution is 6.23. The number of carboxylic acid groups (broad SMARTS) is 1. The fourth-order valence-corrected chi connectivity index (χ4v) is 3.42. The number of benzene rings is 1. The summed E-state index contributed by atoms with van der Waals surface area (Å²) >= 11 is 0. The molecule has 25 heavy (non-hydrogen) atoms. The number of carboxylic acids is 1. The van der Waals surface area contributed by atoms with Gasteiger partial charge in [0.2, 0.25) is 5.91 Å². The summed E-state index contributed by atoms with van der Waals surface area (Å²) in [5.41, 5.74) is -0.320. The molecule has 132 valence electrons. The van der Waals surface area contributed by atoms with Gasteiger partial charge in [0.1, 0.15) is 5.69 Å². The summed E-state index contributed by atoms with van der Waals surface area (Å²) in [6.07, 6.45) is 0.778. The van der Waals surface area contributed by atoms with E-state index >= 15 is 0 Å². The Kier molecular flexibility index (Phi) is 4.49. The lowest BCUT2D eigenvalue weighted by Crippen LogP contribution is -2.46. The molecule has 0 unspecified atom stereocenters. The van der Waals surface area contributed by atoms with Gasteiger partial charge in [0.15, 0.2) is 0 Å². The standard InChI is InChI=1S/C16H17N3O6/c20-14-9-13(17-7-5-10(6-8-17)16(22)23)15(21)18(14)11-3-1-2-4-12(11)19(24)25/h1-4,10,13H,5-9H2,(H,22,23)/t13-/m1/s1. The minimum absolute atomic E-state index is 0.0228. The summed E-state index contributed by atoms with van der Waals surface area (Å²) < 4.78 is 0. The summed E-state index contributed by atoms with van der Waals surface area (Å²) in [6, 6.07) is 4.95. The molecule has 2 heterocycles. The molecule has 1 N–H and O–H groups in total. The van der Waals surface area contributed by atoms with Crippen molar-refractivity contribution in [2.45, 2.75) is 25.3 Å². The van der Waals surface area contributed by atoms with Gasteiger partial charge < -0.3 is 5.11 Å². The van der Waals surface area contributed by atoms with E-state index in [-0.39, 0.29) is 17.8 Å². The zero-order valence-electron chi connectivity index (χ0n) is 13.3. The third-order valence-electron chi connectivity index (χ3n) is 4.76. The molecule has 0 bridgehead atoms. The Morgan fingerprint density at radius 3 is 2.44 bits per heavy atom. The van der Waals surface area contributed by atoms with Gasteiger partial charge in [-0.25, -0.2) is 4.90 Å². The zero-order chi connectivity index (χ0) is 18.1. The van der Waals surface area contributed by atoms with Gasteiger partial charge in [0.25, 0.3) is 11.6 Å². The fourth-order valence-electron chi connectivity index (χ4n) is 3.42. The number of amides is 2. The number of nitro groups is 1. The first-order valence-electron chi connectivity index (χ1n) is 7.97. The molecule has 3 rings (SSSR count). The van der Waals surface area contributed by atoms with E-state index in [1.165, 1.54) is 24.3 Å². The largest absolute Gasteiger partial charge is 0.481 e. The van der Waals surface area contributed by atoms with Crippen molar-refractivity contribution in [3.8, 4) is 0 Å². The van der Waals surface area contributed by atoms with E-state index in [9.17, 15) is 24.5 Å². The Labute approximate surface area is 143 Å². The Bertz CT molecular complexity index is 741. The van der Waals surface area contributed by atoms with Crippen molar-refractivity contribution >= 4 is 29.2 Å². The van der Waals surface area contributed by atoms with Gasteiger partial charge in [-0.05, 0) is 32.0 Å². The summed E-state index contributed by atoms with van der Waals surface area (Å²) in [5, 5.41) is 20.2. The monoisotopic (exact) mass is 347 g/mol. The molecule has 9 nitrogen and oxygen atoms in total. The molecule has 2 aliphatic heterocycles. The Balaban J connectivity index is 1.80. The van der Waals surface area contributed by atoms with Crippen LogP contribution in [0.1, 0.15) is 19.3 Å². The van der Waals surface area contributed by atoms with Crippen LogP contribution in [0.5, 0.6) is 0 Å². The number of anilines is 1. The van der Waals surface area contributed by atoms with Crippen molar-refractivity contribution in [2.24, 2.45) is 5.92 Å². The lowest BCUT2D eigenvalue weighted by atomic mass is 9.96. The molecule has 2 amide bonds. The average Bonchev–Trinajstić information content (AvgIpc) is 2.89. The van der Waals surface area contributed by atoms with Gasteiger partial charge in [-0.3, -0.25) is 29.4 Å². The number of hydrogen-bond donors (Lipinski definition) is 1. The van der Waals surface area contributed by atoms with Crippen LogP contribution in [-0.2, 0) is 14.4 Å². The molecule has 2 saturated heterocycles. The average molecular weight is 347 g/mol. The zero-order valence-corrected chi connectivity index (χ0v) is 13.3. The maximum Gasteiger partial charge on any atom is 0.306 e. The number of carbonyl (C=O) groups excluding carboxylic acids is 2. The van der Waals surface area contributed by atoms with Crippen molar-refractivity contribution < 1.29 is 24.4 Å². The SMILES string of the molecule is O=C(O)C1CCN([C@@H]2CC(=O)N(c3ccccc3[N+](=O)[O-])C2=O)CC1. The molecule has 1 atom stereocenters. The first-order chi connectivity index (χ1) is 11.9. The van der Waals surface area contributed by atoms with Crippen LogP contribution in [0.15, 0.2) is 24.3 Å². The topological polar surface area (TPSA) is 121 Å². The van der Waals surface area contributed by atoms with Gasteiger partial charge in [0.05, 0.1) is 23.3 Å². The molecular formula is C16H17N3O6. The lowest BCUT2D eigenvalue weighted by molar-refractivity contribution is -0.384. The highest BCUT2D eigenvalue weighted by Crippen LogP contribution is 2.33. The Morgan fingerprint density at radius 2 is 1.84 bits per heavy atom. The van der Waals surface area contributed by atoms with Crippen LogP contribution in [0, 0.1) is 16.0 Å². The third-order valence-corrected chi connectivity index (χ3v) is 4.76. The number of nitro benzene ring substituents is 1. The number of aliphatic carboxylic acids is 1. The highest BCUT2D eigenvalue weighted by Gasteiger charge is 2.45. The Morgan fingerprint density at radius 1 is 1.20 bits per heavy atom. The molecule has 2 fully saturated rings. The summed E-state index contributed by atoms with van der Waals surface area (Å²) in [5.74, 6) is -2.26. The normalized spacial score (nSPS) is 22.4. The van der Waals surface area contributed by atoms with Gasteiger partial charge in [0, 0.05) is 6.07 Å². The van der Waals surface area contributed by atoms with Crippen molar-refractivity contribution in [3.05, 3.63) is 34.4 Å². The maximum absolute atomic E-state index is 12.7. The van der Waals surface area contributed by atoms with E-state index in [0.29, 0.717) is 25.9 Å². The number of piperidine rings is 1. The van der Waals surface area contributed by atoms with Crippen molar-refractivity contribution in [1.29, 1.82) is 0 Å². The summed E-state index contributed by atoms with van der Waals surface area (Å²) in [7, 11) is 0. The molecule has 0 aromatic heterocycles. The number of carbonyl (C=O) groups is 3. The molecule has 0 spiro atoms. The Hall–Kier alpha value is -2.81.